The normalized spacial score (nSPS) is 17.2. The fourth-order valence-electron chi connectivity index (χ4n) is 2.78. The fraction of sp³-hybridized carbons (Fsp3) is 0.562. The van der Waals surface area contributed by atoms with Crippen molar-refractivity contribution in [3.8, 4) is 5.88 Å². The number of hydrogen-bond acceptors (Lipinski definition) is 8. The molecule has 10 nitrogen and oxygen atoms in total. The molecule has 0 radical (unpaired) electrons. The van der Waals surface area contributed by atoms with Gasteiger partial charge in [0.2, 0.25) is 11.0 Å². The molecule has 0 aliphatic carbocycles. The zero-order valence-electron chi connectivity index (χ0n) is 15.2. The molecule has 1 aliphatic rings. The van der Waals surface area contributed by atoms with Crippen LogP contribution in [0, 0.1) is 10.1 Å². The molecule has 0 spiro atoms. The molecule has 2 heterocycles. The lowest BCUT2D eigenvalue weighted by molar-refractivity contribution is -0.384. The quantitative estimate of drug-likeness (QED) is 0.346. The van der Waals surface area contributed by atoms with Gasteiger partial charge in [-0.15, -0.1) is 0 Å². The van der Waals surface area contributed by atoms with E-state index in [2.05, 4.69) is 15.0 Å². The molecule has 1 N–H and O–H groups in total. The SMILES string of the molecule is CC(C)(C)OC(=O)N[C@@H]1CCCN(c2cc(OC=O)nc(Cl)c2[N+](=O)[O-])C1. The van der Waals surface area contributed by atoms with Crippen LogP contribution in [0.5, 0.6) is 5.88 Å². The smallest absolute Gasteiger partial charge is 0.407 e. The van der Waals surface area contributed by atoms with E-state index in [4.69, 9.17) is 16.3 Å². The Morgan fingerprint density at radius 1 is 1.52 bits per heavy atom. The Morgan fingerprint density at radius 3 is 2.81 bits per heavy atom. The van der Waals surface area contributed by atoms with E-state index in [1.165, 1.54) is 6.07 Å². The largest absolute Gasteiger partial charge is 0.444 e. The molecule has 148 valence electrons. The van der Waals surface area contributed by atoms with Crippen molar-refractivity contribution in [2.45, 2.75) is 45.3 Å². The molecule has 1 amide bonds. The van der Waals surface area contributed by atoms with Crippen molar-refractivity contribution in [1.82, 2.24) is 10.3 Å². The summed E-state index contributed by atoms with van der Waals surface area (Å²) in [6.07, 6.45) is 0.822. The molecule has 1 saturated heterocycles. The summed E-state index contributed by atoms with van der Waals surface area (Å²) < 4.78 is 9.93. The van der Waals surface area contributed by atoms with Crippen molar-refractivity contribution in [1.29, 1.82) is 0 Å². The van der Waals surface area contributed by atoms with E-state index in [1.807, 2.05) is 0 Å². The van der Waals surface area contributed by atoms with Gasteiger partial charge in [-0.25, -0.2) is 4.79 Å². The first-order valence-corrected chi connectivity index (χ1v) is 8.68. The molecule has 1 fully saturated rings. The van der Waals surface area contributed by atoms with E-state index in [-0.39, 0.29) is 34.9 Å². The Morgan fingerprint density at radius 2 is 2.22 bits per heavy atom. The van der Waals surface area contributed by atoms with Crippen molar-refractivity contribution in [2.24, 2.45) is 0 Å². The van der Waals surface area contributed by atoms with Crippen molar-refractivity contribution < 1.29 is 24.0 Å². The third kappa shape index (κ3) is 5.68. The van der Waals surface area contributed by atoms with Crippen LogP contribution in [0.2, 0.25) is 5.15 Å². The molecule has 0 aromatic carbocycles. The third-order valence-corrected chi connectivity index (χ3v) is 4.00. The van der Waals surface area contributed by atoms with Gasteiger partial charge in [0.25, 0.3) is 6.47 Å². The van der Waals surface area contributed by atoms with Gasteiger partial charge in [-0.05, 0) is 33.6 Å². The summed E-state index contributed by atoms with van der Waals surface area (Å²) in [5.74, 6) is -0.141. The Labute approximate surface area is 160 Å². The number of anilines is 1. The second-order valence-corrected chi connectivity index (χ2v) is 7.38. The van der Waals surface area contributed by atoms with Crippen LogP contribution in [-0.2, 0) is 9.53 Å². The van der Waals surface area contributed by atoms with Gasteiger partial charge in [-0.2, -0.15) is 4.98 Å². The van der Waals surface area contributed by atoms with Gasteiger partial charge in [-0.3, -0.25) is 14.9 Å². The lowest BCUT2D eigenvalue weighted by Gasteiger charge is -2.34. The van der Waals surface area contributed by atoms with Gasteiger partial charge in [-0.1, -0.05) is 11.6 Å². The highest BCUT2D eigenvalue weighted by Gasteiger charge is 2.31. The number of nitrogens with zero attached hydrogens (tertiary/aromatic N) is 3. The monoisotopic (exact) mass is 400 g/mol. The average Bonchev–Trinajstić information content (AvgIpc) is 2.52. The maximum absolute atomic E-state index is 12.0. The summed E-state index contributed by atoms with van der Waals surface area (Å²) in [5, 5.41) is 13.8. The highest BCUT2D eigenvalue weighted by atomic mass is 35.5. The van der Waals surface area contributed by atoms with E-state index in [0.29, 0.717) is 25.9 Å². The van der Waals surface area contributed by atoms with Gasteiger partial charge < -0.3 is 19.7 Å². The summed E-state index contributed by atoms with van der Waals surface area (Å²) in [5.41, 5.74) is -0.836. The first-order chi connectivity index (χ1) is 12.6. The lowest BCUT2D eigenvalue weighted by atomic mass is 10.0. The fourth-order valence-corrected chi connectivity index (χ4v) is 3.03. The Bertz CT molecular complexity index is 736. The van der Waals surface area contributed by atoms with Crippen molar-refractivity contribution >= 4 is 35.5 Å². The molecular weight excluding hydrogens is 380 g/mol. The van der Waals surface area contributed by atoms with Crippen LogP contribution in [0.25, 0.3) is 0 Å². The van der Waals surface area contributed by atoms with Crippen LogP contribution >= 0.6 is 11.6 Å². The Balaban J connectivity index is 2.22. The number of nitro groups is 1. The van der Waals surface area contributed by atoms with Crippen LogP contribution in [0.3, 0.4) is 0 Å². The predicted octanol–water partition coefficient (Wildman–Crippen LogP) is 2.67. The van der Waals surface area contributed by atoms with Crippen LogP contribution in [-0.4, -0.2) is 47.2 Å². The predicted molar refractivity (Wildman–Crippen MR) is 97.2 cm³/mol. The second-order valence-electron chi connectivity index (χ2n) is 7.02. The minimum Gasteiger partial charge on any atom is -0.444 e. The standard InChI is InChI=1S/C16H21ClN4O6/c1-16(2,3)27-15(23)18-10-5-4-6-20(8-10)11-7-12(26-9-22)19-14(17)13(11)21(24)25/h7,9-10H,4-6,8H2,1-3H3,(H,18,23)/t10-/m1/s1. The van der Waals surface area contributed by atoms with Gasteiger partial charge in [0.15, 0.2) is 0 Å². The van der Waals surface area contributed by atoms with Gasteiger partial charge in [0.05, 0.1) is 4.92 Å². The zero-order valence-corrected chi connectivity index (χ0v) is 16.0. The number of aromatic nitrogens is 1. The number of piperidine rings is 1. The van der Waals surface area contributed by atoms with Crippen LogP contribution in [0.4, 0.5) is 16.2 Å². The highest BCUT2D eigenvalue weighted by molar-refractivity contribution is 6.32. The second kappa shape index (κ2) is 8.38. The lowest BCUT2D eigenvalue weighted by Crippen LogP contribution is -2.49. The first kappa shape index (κ1) is 20.7. The number of hydrogen-bond donors (Lipinski definition) is 1. The van der Waals surface area contributed by atoms with E-state index in [9.17, 15) is 19.7 Å². The molecule has 1 aromatic heterocycles. The van der Waals surface area contributed by atoms with E-state index >= 15 is 0 Å². The number of carbonyl (C=O) groups excluding carboxylic acids is 2. The number of alkyl carbamates (subject to hydrolysis) is 1. The minimum absolute atomic E-state index is 0.141. The molecule has 1 atom stereocenters. The van der Waals surface area contributed by atoms with Gasteiger partial charge in [0, 0.05) is 25.2 Å². The molecule has 27 heavy (non-hydrogen) atoms. The number of ether oxygens (including phenoxy) is 2. The average molecular weight is 401 g/mol. The zero-order chi connectivity index (χ0) is 20.2. The maximum atomic E-state index is 12.0. The molecule has 0 unspecified atom stereocenters. The number of halogens is 1. The van der Waals surface area contributed by atoms with Crippen molar-refractivity contribution in [3.63, 3.8) is 0 Å². The Hall–Kier alpha value is -2.62. The summed E-state index contributed by atoms with van der Waals surface area (Å²) in [4.78, 5) is 38.7. The van der Waals surface area contributed by atoms with Crippen molar-refractivity contribution in [3.05, 3.63) is 21.3 Å². The molecular formula is C16H21ClN4O6. The summed E-state index contributed by atoms with van der Waals surface area (Å²) in [7, 11) is 0. The van der Waals surface area contributed by atoms with Crippen LogP contribution in [0.1, 0.15) is 33.6 Å². The number of pyridine rings is 1. The van der Waals surface area contributed by atoms with Crippen LogP contribution in [0.15, 0.2) is 6.07 Å². The number of carbonyl (C=O) groups is 2. The first-order valence-electron chi connectivity index (χ1n) is 8.30. The summed E-state index contributed by atoms with van der Waals surface area (Å²) in [6.45, 7) is 6.26. The van der Waals surface area contributed by atoms with Gasteiger partial charge >= 0.3 is 11.8 Å². The number of nitrogens with one attached hydrogen (secondary N) is 1. The van der Waals surface area contributed by atoms with E-state index in [1.54, 1.807) is 25.7 Å². The van der Waals surface area contributed by atoms with E-state index in [0.717, 1.165) is 0 Å². The number of amides is 1. The van der Waals surface area contributed by atoms with Gasteiger partial charge in [0.1, 0.15) is 11.3 Å². The van der Waals surface area contributed by atoms with Crippen molar-refractivity contribution in [2.75, 3.05) is 18.0 Å². The third-order valence-electron chi connectivity index (χ3n) is 3.74. The summed E-state index contributed by atoms with van der Waals surface area (Å²) >= 11 is 5.91. The number of rotatable bonds is 5. The molecule has 0 bridgehead atoms. The minimum atomic E-state index is -0.639. The Kier molecular flexibility index (Phi) is 6.42. The van der Waals surface area contributed by atoms with E-state index < -0.39 is 16.6 Å². The highest BCUT2D eigenvalue weighted by Crippen LogP contribution is 2.37. The maximum Gasteiger partial charge on any atom is 0.407 e. The summed E-state index contributed by atoms with van der Waals surface area (Å²) in [6, 6.07) is 1.02. The molecule has 2 rings (SSSR count). The molecule has 1 aromatic rings. The molecule has 1 aliphatic heterocycles. The molecule has 11 heteroatoms. The molecule has 0 saturated carbocycles. The topological polar surface area (TPSA) is 124 Å². The van der Waals surface area contributed by atoms with Crippen LogP contribution < -0.4 is 15.0 Å².